The fourth-order valence-corrected chi connectivity index (χ4v) is 4.57. The molecule has 1 aliphatic heterocycles. The van der Waals surface area contributed by atoms with Gasteiger partial charge in [-0.1, -0.05) is 25.1 Å². The van der Waals surface area contributed by atoms with Crippen molar-refractivity contribution in [1.29, 1.82) is 0 Å². The number of amides is 2. The summed E-state index contributed by atoms with van der Waals surface area (Å²) < 4.78 is 10.8. The van der Waals surface area contributed by atoms with Crippen molar-refractivity contribution < 1.29 is 19.1 Å². The van der Waals surface area contributed by atoms with E-state index in [9.17, 15) is 9.59 Å². The summed E-state index contributed by atoms with van der Waals surface area (Å²) in [6, 6.07) is 16.8. The van der Waals surface area contributed by atoms with Gasteiger partial charge in [0.1, 0.15) is 0 Å². The second-order valence-electron chi connectivity index (χ2n) is 7.95. The lowest BCUT2D eigenvalue weighted by molar-refractivity contribution is -0.133. The summed E-state index contributed by atoms with van der Waals surface area (Å²) in [4.78, 5) is 25.9. The highest BCUT2D eigenvalue weighted by molar-refractivity contribution is 7.12. The van der Waals surface area contributed by atoms with Gasteiger partial charge in [0.15, 0.2) is 11.5 Å². The monoisotopic (exact) mass is 477 g/mol. The SMILES string of the molecule is CCC1CC(=O)N(Cc2cccc(NC(=O)c3cccs3)c2)N=C1c1ccc(OC)c(OC)c1. The average molecular weight is 478 g/mol. The predicted octanol–water partition coefficient (Wildman–Crippen LogP) is 5.18. The molecule has 0 radical (unpaired) electrons. The number of hydrazone groups is 1. The minimum absolute atomic E-state index is 0.0240. The molecule has 2 amide bonds. The van der Waals surface area contributed by atoms with Crippen LogP contribution in [-0.4, -0.2) is 36.8 Å². The molecule has 1 aliphatic rings. The third kappa shape index (κ3) is 5.12. The number of hydrogen-bond donors (Lipinski definition) is 1. The minimum Gasteiger partial charge on any atom is -0.493 e. The number of hydrogen-bond acceptors (Lipinski definition) is 6. The Morgan fingerprint density at radius 2 is 1.94 bits per heavy atom. The van der Waals surface area contributed by atoms with E-state index in [1.54, 1.807) is 20.3 Å². The molecule has 3 aromatic rings. The van der Waals surface area contributed by atoms with Crippen molar-refractivity contribution in [3.63, 3.8) is 0 Å². The van der Waals surface area contributed by atoms with Crippen LogP contribution in [0.4, 0.5) is 5.69 Å². The van der Waals surface area contributed by atoms with Gasteiger partial charge >= 0.3 is 0 Å². The average Bonchev–Trinajstić information content (AvgIpc) is 3.40. The van der Waals surface area contributed by atoms with Gasteiger partial charge in [-0.2, -0.15) is 5.10 Å². The van der Waals surface area contributed by atoms with Crippen molar-refractivity contribution in [3.05, 3.63) is 76.0 Å². The molecule has 2 heterocycles. The number of nitrogens with zero attached hydrogens (tertiary/aromatic N) is 2. The first kappa shape index (κ1) is 23.5. The largest absolute Gasteiger partial charge is 0.493 e. The standard InChI is InChI=1S/C26H27N3O4S/c1-4-18-15-24(30)29(28-25(18)19-10-11-21(32-2)22(14-19)33-3)16-17-7-5-8-20(13-17)27-26(31)23-9-6-12-34-23/h5-14,18H,4,15-16H2,1-3H3,(H,27,31). The highest BCUT2D eigenvalue weighted by Gasteiger charge is 2.29. The molecule has 1 atom stereocenters. The molecule has 1 unspecified atom stereocenters. The van der Waals surface area contributed by atoms with E-state index in [1.807, 2.05) is 53.9 Å². The molecule has 7 nitrogen and oxygen atoms in total. The molecule has 0 saturated carbocycles. The smallest absolute Gasteiger partial charge is 0.265 e. The van der Waals surface area contributed by atoms with Gasteiger partial charge in [-0.25, -0.2) is 5.01 Å². The molecule has 0 bridgehead atoms. The first-order valence-electron chi connectivity index (χ1n) is 11.1. The third-order valence-corrected chi connectivity index (χ3v) is 6.63. The van der Waals surface area contributed by atoms with Gasteiger partial charge in [0, 0.05) is 23.6 Å². The number of carbonyl (C=O) groups excluding carboxylic acids is 2. The van der Waals surface area contributed by atoms with Crippen LogP contribution in [-0.2, 0) is 11.3 Å². The van der Waals surface area contributed by atoms with Gasteiger partial charge in [0.25, 0.3) is 5.91 Å². The van der Waals surface area contributed by atoms with Crippen LogP contribution in [0.3, 0.4) is 0 Å². The maximum Gasteiger partial charge on any atom is 0.265 e. The third-order valence-electron chi connectivity index (χ3n) is 5.76. The van der Waals surface area contributed by atoms with E-state index < -0.39 is 0 Å². The lowest BCUT2D eigenvalue weighted by Crippen LogP contribution is -2.36. The van der Waals surface area contributed by atoms with E-state index in [0.29, 0.717) is 35.0 Å². The Labute approximate surface area is 203 Å². The Balaban J connectivity index is 1.58. The van der Waals surface area contributed by atoms with E-state index in [-0.39, 0.29) is 17.7 Å². The topological polar surface area (TPSA) is 80.2 Å². The second kappa shape index (κ2) is 10.5. The van der Waals surface area contributed by atoms with E-state index in [2.05, 4.69) is 12.2 Å². The Hall–Kier alpha value is -3.65. The number of benzene rings is 2. The summed E-state index contributed by atoms with van der Waals surface area (Å²) in [7, 11) is 3.20. The summed E-state index contributed by atoms with van der Waals surface area (Å²) in [6.07, 6.45) is 1.19. The van der Waals surface area contributed by atoms with Crippen LogP contribution in [0.1, 0.15) is 40.6 Å². The summed E-state index contributed by atoms with van der Waals surface area (Å²) in [6.45, 7) is 2.37. The van der Waals surface area contributed by atoms with E-state index >= 15 is 0 Å². The van der Waals surface area contributed by atoms with Gasteiger partial charge in [-0.05, 0) is 53.8 Å². The molecule has 176 valence electrons. The van der Waals surface area contributed by atoms with Crippen molar-refractivity contribution in [2.24, 2.45) is 11.0 Å². The van der Waals surface area contributed by atoms with Gasteiger partial charge in [0.05, 0.1) is 31.4 Å². The van der Waals surface area contributed by atoms with Crippen LogP contribution >= 0.6 is 11.3 Å². The molecular formula is C26H27N3O4S. The summed E-state index contributed by atoms with van der Waals surface area (Å²) in [5, 5.41) is 11.1. The maximum absolute atomic E-state index is 12.9. The van der Waals surface area contributed by atoms with Gasteiger partial charge < -0.3 is 14.8 Å². The van der Waals surface area contributed by atoms with Crippen molar-refractivity contribution >= 4 is 34.6 Å². The molecule has 8 heteroatoms. The number of nitrogens with one attached hydrogen (secondary N) is 1. The molecule has 4 rings (SSSR count). The lowest BCUT2D eigenvalue weighted by atomic mass is 9.89. The van der Waals surface area contributed by atoms with Crippen LogP contribution in [0.15, 0.2) is 65.1 Å². The zero-order chi connectivity index (χ0) is 24.1. The van der Waals surface area contributed by atoms with Crippen LogP contribution in [0.5, 0.6) is 11.5 Å². The second-order valence-corrected chi connectivity index (χ2v) is 8.90. The fraction of sp³-hybridized carbons (Fsp3) is 0.269. The number of anilines is 1. The number of thiophene rings is 1. The Morgan fingerprint density at radius 1 is 1.12 bits per heavy atom. The summed E-state index contributed by atoms with van der Waals surface area (Å²) >= 11 is 1.39. The highest BCUT2D eigenvalue weighted by Crippen LogP contribution is 2.32. The van der Waals surface area contributed by atoms with Crippen molar-refractivity contribution in [3.8, 4) is 11.5 Å². The first-order chi connectivity index (χ1) is 16.5. The quantitative estimate of drug-likeness (QED) is 0.485. The van der Waals surface area contributed by atoms with Crippen molar-refractivity contribution in [2.75, 3.05) is 19.5 Å². The maximum atomic E-state index is 12.9. The lowest BCUT2D eigenvalue weighted by Gasteiger charge is -2.29. The van der Waals surface area contributed by atoms with Gasteiger partial charge in [-0.3, -0.25) is 9.59 Å². The van der Waals surface area contributed by atoms with E-state index in [0.717, 1.165) is 23.3 Å². The Morgan fingerprint density at radius 3 is 2.65 bits per heavy atom. The first-order valence-corrected chi connectivity index (χ1v) is 12.0. The van der Waals surface area contributed by atoms with Crippen molar-refractivity contribution in [1.82, 2.24) is 5.01 Å². The molecule has 0 spiro atoms. The number of rotatable bonds is 8. The van der Waals surface area contributed by atoms with E-state index in [4.69, 9.17) is 14.6 Å². The molecular weight excluding hydrogens is 450 g/mol. The van der Waals surface area contributed by atoms with Gasteiger partial charge in [0.2, 0.25) is 5.91 Å². The fourth-order valence-electron chi connectivity index (χ4n) is 3.95. The molecule has 0 aliphatic carbocycles. The molecule has 0 fully saturated rings. The number of methoxy groups -OCH3 is 2. The summed E-state index contributed by atoms with van der Waals surface area (Å²) in [5.74, 6) is 1.11. The van der Waals surface area contributed by atoms with Crippen LogP contribution in [0.2, 0.25) is 0 Å². The molecule has 0 saturated heterocycles. The highest BCUT2D eigenvalue weighted by atomic mass is 32.1. The number of carbonyl (C=O) groups is 2. The van der Waals surface area contributed by atoms with Crippen molar-refractivity contribution in [2.45, 2.75) is 26.3 Å². The summed E-state index contributed by atoms with van der Waals surface area (Å²) in [5.41, 5.74) is 3.31. The number of ether oxygens (including phenoxy) is 2. The Bertz CT molecular complexity index is 1210. The normalized spacial score (nSPS) is 15.6. The van der Waals surface area contributed by atoms with Gasteiger partial charge in [-0.15, -0.1) is 11.3 Å². The predicted molar refractivity (Wildman–Crippen MR) is 134 cm³/mol. The molecule has 34 heavy (non-hydrogen) atoms. The van der Waals surface area contributed by atoms with E-state index in [1.165, 1.54) is 16.3 Å². The van der Waals surface area contributed by atoms with Crippen LogP contribution in [0, 0.1) is 5.92 Å². The van der Waals surface area contributed by atoms with Crippen LogP contribution < -0.4 is 14.8 Å². The minimum atomic E-state index is -0.152. The van der Waals surface area contributed by atoms with Crippen LogP contribution in [0.25, 0.3) is 0 Å². The molecule has 1 aromatic heterocycles. The molecule has 1 N–H and O–H groups in total. The Kier molecular flexibility index (Phi) is 7.27. The molecule has 2 aromatic carbocycles. The zero-order valence-corrected chi connectivity index (χ0v) is 20.2. The zero-order valence-electron chi connectivity index (χ0n) is 19.4.